The Balaban J connectivity index is 1.98. The first-order valence-corrected chi connectivity index (χ1v) is 15.0. The average Bonchev–Trinajstić information content (AvgIpc) is 3.30. The maximum Gasteiger partial charge on any atom is 0.265 e. The summed E-state index contributed by atoms with van der Waals surface area (Å²) in [6.07, 6.45) is 3.10. The smallest absolute Gasteiger partial charge is 0.265 e. The lowest BCUT2D eigenvalue weighted by molar-refractivity contribution is -0.298. The van der Waals surface area contributed by atoms with Gasteiger partial charge in [-0.25, -0.2) is 24.6 Å². The molecule has 0 aliphatic carbocycles. The first kappa shape index (κ1) is 30.1. The number of rotatable bonds is 12. The molecule has 11 heteroatoms. The number of benzene rings is 1. The number of hydrogen-bond acceptors (Lipinski definition) is 8. The molecule has 1 saturated heterocycles. The molecule has 2 amide bonds. The van der Waals surface area contributed by atoms with Crippen LogP contribution in [0.3, 0.4) is 0 Å². The second-order valence-corrected chi connectivity index (χ2v) is 13.5. The van der Waals surface area contributed by atoms with Crippen LogP contribution < -0.4 is 16.7 Å². The number of furan rings is 1. The molecule has 2 heterocycles. The van der Waals surface area contributed by atoms with E-state index in [1.54, 1.807) is 6.07 Å². The highest BCUT2D eigenvalue weighted by molar-refractivity contribution is 7.92. The van der Waals surface area contributed by atoms with Crippen molar-refractivity contribution < 1.29 is 32.0 Å². The van der Waals surface area contributed by atoms with E-state index in [0.717, 1.165) is 24.5 Å². The van der Waals surface area contributed by atoms with Gasteiger partial charge in [0.15, 0.2) is 20.3 Å². The van der Waals surface area contributed by atoms with E-state index >= 15 is 0 Å². The van der Waals surface area contributed by atoms with Gasteiger partial charge >= 0.3 is 0 Å². The summed E-state index contributed by atoms with van der Waals surface area (Å²) in [4.78, 5) is 32.5. The monoisotopic (exact) mass is 551 g/mol. The van der Waals surface area contributed by atoms with Crippen LogP contribution in [0.4, 0.5) is 0 Å². The van der Waals surface area contributed by atoms with Gasteiger partial charge in [0, 0.05) is 24.0 Å². The number of hydrazine groups is 1. The fourth-order valence-electron chi connectivity index (χ4n) is 5.25. The van der Waals surface area contributed by atoms with Gasteiger partial charge in [-0.1, -0.05) is 45.9 Å². The van der Waals surface area contributed by atoms with E-state index in [-0.39, 0.29) is 24.7 Å². The quantitative estimate of drug-likeness (QED) is 0.205. The maximum absolute atomic E-state index is 13.9. The van der Waals surface area contributed by atoms with Gasteiger partial charge in [-0.05, 0) is 56.1 Å². The largest absolute Gasteiger partial charge is 0.455 e. The Morgan fingerprint density at radius 1 is 1.13 bits per heavy atom. The molecule has 3 atom stereocenters. The summed E-state index contributed by atoms with van der Waals surface area (Å²) in [6, 6.07) is 9.25. The zero-order chi connectivity index (χ0) is 28.1. The Morgan fingerprint density at radius 3 is 2.39 bits per heavy atom. The van der Waals surface area contributed by atoms with Gasteiger partial charge in [0.05, 0.1) is 6.61 Å². The predicted octanol–water partition coefficient (Wildman–Crippen LogP) is 3.71. The molecule has 1 aromatic heterocycles. The second-order valence-electron chi connectivity index (χ2n) is 11.1. The van der Waals surface area contributed by atoms with E-state index in [1.807, 2.05) is 52.0 Å². The highest BCUT2D eigenvalue weighted by atomic mass is 32.2. The van der Waals surface area contributed by atoms with Crippen LogP contribution in [-0.2, 0) is 34.8 Å². The third kappa shape index (κ3) is 6.56. The molecule has 10 nitrogen and oxygen atoms in total. The SMILES string of the molecule is CC(C)C[C@H](C[C@@](CC(C)C)(C(=O)NOC1(c2cc3ccccc3o2)CCCCO1)S(C)(=O)=O)C(=O)NN. The van der Waals surface area contributed by atoms with Gasteiger partial charge in [-0.15, -0.1) is 0 Å². The Kier molecular flexibility index (Phi) is 9.62. The van der Waals surface area contributed by atoms with E-state index < -0.39 is 38.1 Å². The van der Waals surface area contributed by atoms with Gasteiger partial charge in [0.1, 0.15) is 5.58 Å². The minimum Gasteiger partial charge on any atom is -0.455 e. The highest BCUT2D eigenvalue weighted by Crippen LogP contribution is 2.40. The molecular formula is C27H41N3O7S. The van der Waals surface area contributed by atoms with Crippen LogP contribution in [0.2, 0.25) is 0 Å². The number of nitrogens with two attached hydrogens (primary N) is 1. The van der Waals surface area contributed by atoms with E-state index in [2.05, 4.69) is 10.9 Å². The number of hydroxylamine groups is 1. The van der Waals surface area contributed by atoms with Crippen molar-refractivity contribution in [3.05, 3.63) is 36.1 Å². The third-order valence-electron chi connectivity index (χ3n) is 7.05. The average molecular weight is 552 g/mol. The van der Waals surface area contributed by atoms with E-state index in [9.17, 15) is 18.0 Å². The molecule has 1 aliphatic rings. The zero-order valence-corrected chi connectivity index (χ0v) is 23.7. The molecule has 0 saturated carbocycles. The standard InChI is InChI=1S/C27H41N3O7S/c1-18(2)14-21(24(31)29-28)17-26(16-19(3)4,38(5,33)34)25(32)30-37-27(12-8-9-13-35-27)23-15-20-10-6-7-11-22(20)36-23/h6-7,10-11,15,18-19,21H,8-9,12-14,16-17,28H2,1-5H3,(H,29,31)(H,30,32)/t21-,26+,27?/m1/s1. The van der Waals surface area contributed by atoms with Crippen molar-refractivity contribution in [3.8, 4) is 0 Å². The Morgan fingerprint density at radius 2 is 1.84 bits per heavy atom. The number of hydrogen-bond donors (Lipinski definition) is 3. The molecule has 0 radical (unpaired) electrons. The molecule has 1 unspecified atom stereocenters. The fourth-order valence-corrected chi connectivity index (χ4v) is 6.77. The lowest BCUT2D eigenvalue weighted by atomic mass is 9.82. The molecule has 3 rings (SSSR count). The predicted molar refractivity (Wildman–Crippen MR) is 144 cm³/mol. The molecule has 38 heavy (non-hydrogen) atoms. The van der Waals surface area contributed by atoms with Crippen LogP contribution in [0, 0.1) is 17.8 Å². The van der Waals surface area contributed by atoms with Crippen LogP contribution in [0.25, 0.3) is 11.0 Å². The topological polar surface area (TPSA) is 150 Å². The van der Waals surface area contributed by atoms with E-state index in [1.165, 1.54) is 0 Å². The number of ether oxygens (including phenoxy) is 1. The first-order chi connectivity index (χ1) is 17.8. The Bertz CT molecular complexity index is 1190. The summed E-state index contributed by atoms with van der Waals surface area (Å²) >= 11 is 0. The molecule has 0 bridgehead atoms. The summed E-state index contributed by atoms with van der Waals surface area (Å²) in [5, 5.41) is 0.848. The van der Waals surface area contributed by atoms with Crippen LogP contribution in [0.5, 0.6) is 0 Å². The van der Waals surface area contributed by atoms with Crippen molar-refractivity contribution in [3.63, 3.8) is 0 Å². The van der Waals surface area contributed by atoms with Gasteiger partial charge in [-0.2, -0.15) is 0 Å². The molecular weight excluding hydrogens is 510 g/mol. The maximum atomic E-state index is 13.9. The molecule has 2 aromatic rings. The summed E-state index contributed by atoms with van der Waals surface area (Å²) in [5.41, 5.74) is 5.21. The summed E-state index contributed by atoms with van der Waals surface area (Å²) in [6.45, 7) is 7.87. The summed E-state index contributed by atoms with van der Waals surface area (Å²) in [5.74, 6) is 2.12. The molecule has 0 spiro atoms. The number of fused-ring (bicyclic) bond motifs is 1. The Labute approximate surface area is 224 Å². The molecule has 212 valence electrons. The van der Waals surface area contributed by atoms with Crippen molar-refractivity contribution in [1.82, 2.24) is 10.9 Å². The van der Waals surface area contributed by atoms with Crippen molar-refractivity contribution in [2.75, 3.05) is 12.9 Å². The van der Waals surface area contributed by atoms with Gasteiger partial charge in [0.25, 0.3) is 11.7 Å². The number of amides is 2. The Hall–Kier alpha value is -2.47. The third-order valence-corrected chi connectivity index (χ3v) is 8.99. The number of para-hydroxylation sites is 1. The first-order valence-electron chi connectivity index (χ1n) is 13.1. The normalized spacial score (nSPS) is 20.8. The number of carbonyl (C=O) groups excluding carboxylic acids is 2. The minimum atomic E-state index is -4.03. The number of sulfone groups is 1. The van der Waals surface area contributed by atoms with Crippen molar-refractivity contribution in [1.29, 1.82) is 0 Å². The van der Waals surface area contributed by atoms with Crippen molar-refractivity contribution in [2.24, 2.45) is 23.6 Å². The van der Waals surface area contributed by atoms with E-state index in [0.29, 0.717) is 30.8 Å². The minimum absolute atomic E-state index is 0.00797. The van der Waals surface area contributed by atoms with Crippen molar-refractivity contribution >= 4 is 32.6 Å². The van der Waals surface area contributed by atoms with Crippen molar-refractivity contribution in [2.45, 2.75) is 76.8 Å². The molecule has 1 fully saturated rings. The number of nitrogens with one attached hydrogen (secondary N) is 2. The summed E-state index contributed by atoms with van der Waals surface area (Å²) < 4.78 is 36.8. The molecule has 4 N–H and O–H groups in total. The van der Waals surface area contributed by atoms with Gasteiger partial charge in [-0.3, -0.25) is 15.0 Å². The number of carbonyl (C=O) groups is 2. The zero-order valence-electron chi connectivity index (χ0n) is 22.9. The van der Waals surface area contributed by atoms with E-state index in [4.69, 9.17) is 19.8 Å². The molecule has 1 aliphatic heterocycles. The second kappa shape index (κ2) is 12.1. The molecule has 1 aromatic carbocycles. The van der Waals surface area contributed by atoms with Gasteiger partial charge in [0.2, 0.25) is 5.91 Å². The summed E-state index contributed by atoms with van der Waals surface area (Å²) in [7, 11) is -4.03. The highest BCUT2D eigenvalue weighted by Gasteiger charge is 2.52. The van der Waals surface area contributed by atoms with Crippen LogP contribution in [0.15, 0.2) is 34.7 Å². The van der Waals surface area contributed by atoms with Crippen LogP contribution in [-0.4, -0.2) is 37.8 Å². The van der Waals surface area contributed by atoms with Crippen LogP contribution >= 0.6 is 0 Å². The lowest BCUT2D eigenvalue weighted by Gasteiger charge is -2.38. The fraction of sp³-hybridized carbons (Fsp3) is 0.630. The van der Waals surface area contributed by atoms with Gasteiger partial charge < -0.3 is 9.15 Å². The van der Waals surface area contributed by atoms with Crippen LogP contribution in [0.1, 0.15) is 72.0 Å². The lowest BCUT2D eigenvalue weighted by Crippen LogP contribution is -2.57.